The van der Waals surface area contributed by atoms with Crippen LogP contribution in [0.2, 0.25) is 0 Å². The highest BCUT2D eigenvalue weighted by Gasteiger charge is 2.38. The number of alkyl halides is 3. The molecule has 0 amide bonds. The molecule has 0 bridgehead atoms. The molecule has 12 nitrogen and oxygen atoms in total. The van der Waals surface area contributed by atoms with Crippen LogP contribution in [0.1, 0.15) is 37.0 Å². The number of allylic oxidation sites excluding steroid dienone is 2. The molecule has 1 aromatic carbocycles. The first kappa shape index (κ1) is 32.7. The molecule has 2 N–H and O–H groups in total. The Morgan fingerprint density at radius 2 is 1.75 bits per heavy atom. The average molecular weight is 621 g/mol. The molecule has 2 saturated heterocycles. The Balaban J connectivity index is 0.000000566. The van der Waals surface area contributed by atoms with Crippen LogP contribution in [0.4, 0.5) is 19.1 Å². The van der Waals surface area contributed by atoms with Gasteiger partial charge in [-0.25, -0.2) is 9.59 Å². The molecule has 3 aromatic rings. The topological polar surface area (TPSA) is 141 Å². The number of carboxylic acid groups (broad SMARTS) is 1. The number of carboxylic acids is 1. The Hall–Kier alpha value is -4.24. The summed E-state index contributed by atoms with van der Waals surface area (Å²) in [6, 6.07) is 8.74. The van der Waals surface area contributed by atoms with E-state index in [1.165, 1.54) is 4.57 Å². The number of ketones is 1. The summed E-state index contributed by atoms with van der Waals surface area (Å²) in [5.41, 5.74) is 1.23. The van der Waals surface area contributed by atoms with Gasteiger partial charge in [0.05, 0.1) is 19.2 Å². The van der Waals surface area contributed by atoms with E-state index in [-0.39, 0.29) is 25.0 Å². The molecule has 15 heteroatoms. The molecule has 0 saturated carbocycles. The van der Waals surface area contributed by atoms with Gasteiger partial charge in [0.1, 0.15) is 0 Å². The van der Waals surface area contributed by atoms with Crippen molar-refractivity contribution in [2.24, 2.45) is 0 Å². The van der Waals surface area contributed by atoms with E-state index >= 15 is 0 Å². The number of rotatable bonds is 8. The third-order valence-corrected chi connectivity index (χ3v) is 7.23. The fraction of sp³-hybridized carbons (Fsp3) is 0.483. The summed E-state index contributed by atoms with van der Waals surface area (Å²) < 4.78 is 42.1. The maximum Gasteiger partial charge on any atom is 0.490 e. The first-order chi connectivity index (χ1) is 20.9. The van der Waals surface area contributed by atoms with Crippen LogP contribution in [-0.4, -0.2) is 80.6 Å². The van der Waals surface area contributed by atoms with Crippen molar-refractivity contribution in [3.8, 4) is 0 Å². The van der Waals surface area contributed by atoms with Crippen LogP contribution in [0.5, 0.6) is 0 Å². The number of Topliss-reactive ketones (excluding diaryl/α,β-unsaturated/α-hetero) is 1. The van der Waals surface area contributed by atoms with E-state index in [1.807, 2.05) is 30.6 Å². The summed E-state index contributed by atoms with van der Waals surface area (Å²) in [6.07, 6.45) is -1.42. The zero-order valence-electron chi connectivity index (χ0n) is 24.5. The number of piperazine rings is 1. The predicted molar refractivity (Wildman–Crippen MR) is 156 cm³/mol. The predicted octanol–water partition coefficient (Wildman–Crippen LogP) is 2.43. The van der Waals surface area contributed by atoms with Gasteiger partial charge in [-0.2, -0.15) is 18.2 Å². The first-order valence-electron chi connectivity index (χ1n) is 14.2. The van der Waals surface area contributed by atoms with Gasteiger partial charge in [-0.1, -0.05) is 42.0 Å². The second-order valence-electron chi connectivity index (χ2n) is 10.7. The summed E-state index contributed by atoms with van der Waals surface area (Å²) in [4.78, 5) is 56.7. The highest BCUT2D eigenvalue weighted by molar-refractivity contribution is 5.96. The Morgan fingerprint density at radius 3 is 2.32 bits per heavy atom. The minimum atomic E-state index is -5.08. The van der Waals surface area contributed by atoms with Gasteiger partial charge in [0.2, 0.25) is 5.95 Å². The Kier molecular flexibility index (Phi) is 10.4. The lowest BCUT2D eigenvalue weighted by Gasteiger charge is -2.28. The summed E-state index contributed by atoms with van der Waals surface area (Å²) in [7, 11) is 0. The molecule has 2 aliphatic rings. The van der Waals surface area contributed by atoms with Crippen LogP contribution in [0.15, 0.2) is 51.6 Å². The molecule has 0 aliphatic carbocycles. The number of fused-ring (bicyclic) bond motifs is 1. The summed E-state index contributed by atoms with van der Waals surface area (Å²) in [5, 5.41) is 10.5. The maximum absolute atomic E-state index is 13.9. The zero-order chi connectivity index (χ0) is 32.0. The van der Waals surface area contributed by atoms with Crippen LogP contribution >= 0.6 is 0 Å². The van der Waals surface area contributed by atoms with E-state index in [4.69, 9.17) is 19.6 Å². The van der Waals surface area contributed by atoms with Crippen LogP contribution in [0, 0.1) is 0 Å². The van der Waals surface area contributed by atoms with E-state index in [2.05, 4.69) is 10.2 Å². The van der Waals surface area contributed by atoms with Crippen molar-refractivity contribution in [1.29, 1.82) is 0 Å². The highest BCUT2D eigenvalue weighted by Crippen LogP contribution is 2.23. The van der Waals surface area contributed by atoms with Crippen molar-refractivity contribution < 1.29 is 32.6 Å². The molecule has 238 valence electrons. The quantitative estimate of drug-likeness (QED) is 0.287. The molecule has 2 aliphatic heterocycles. The minimum absolute atomic E-state index is 0.137. The van der Waals surface area contributed by atoms with Crippen molar-refractivity contribution in [3.05, 3.63) is 68.4 Å². The van der Waals surface area contributed by atoms with Crippen LogP contribution in [0.3, 0.4) is 0 Å². The second-order valence-corrected chi connectivity index (χ2v) is 10.7. The molecule has 44 heavy (non-hydrogen) atoms. The van der Waals surface area contributed by atoms with Crippen molar-refractivity contribution >= 4 is 28.9 Å². The highest BCUT2D eigenvalue weighted by atomic mass is 19.4. The molecule has 0 spiro atoms. The summed E-state index contributed by atoms with van der Waals surface area (Å²) >= 11 is 0. The molecular formula is C29H35F3N6O6. The number of hydrogen-bond donors (Lipinski definition) is 2. The zero-order valence-corrected chi connectivity index (χ0v) is 24.5. The Morgan fingerprint density at radius 1 is 1.09 bits per heavy atom. The minimum Gasteiger partial charge on any atom is -0.475 e. The number of aliphatic carboxylic acids is 1. The van der Waals surface area contributed by atoms with Crippen molar-refractivity contribution in [2.45, 2.75) is 58.6 Å². The number of anilines is 1. The third-order valence-electron chi connectivity index (χ3n) is 7.23. The number of nitrogens with one attached hydrogen (secondary N) is 1. The summed E-state index contributed by atoms with van der Waals surface area (Å²) in [6.45, 7) is 8.17. The van der Waals surface area contributed by atoms with Crippen LogP contribution < -0.4 is 21.5 Å². The smallest absolute Gasteiger partial charge is 0.475 e. The largest absolute Gasteiger partial charge is 0.490 e. The van der Waals surface area contributed by atoms with E-state index in [0.717, 1.165) is 49.2 Å². The van der Waals surface area contributed by atoms with Gasteiger partial charge < -0.3 is 24.6 Å². The SMILES string of the molecule is CC(C)=CCn1c(N2CCNCC2)nc2c1c(=O)n(CC(=O)c1ccccc1)c(=O)n2CC1CCCO1.O=C(O)C(F)(F)F. The molecule has 5 rings (SSSR count). The average Bonchev–Trinajstić information content (AvgIpc) is 3.65. The van der Waals surface area contributed by atoms with Gasteiger partial charge in [-0.05, 0) is 26.7 Å². The van der Waals surface area contributed by atoms with Crippen LogP contribution in [0.25, 0.3) is 11.2 Å². The number of carbonyl (C=O) groups excluding carboxylic acids is 1. The van der Waals surface area contributed by atoms with E-state index < -0.39 is 23.4 Å². The van der Waals surface area contributed by atoms with Gasteiger partial charge in [0, 0.05) is 44.9 Å². The molecular weight excluding hydrogens is 585 g/mol. The number of carbonyl (C=O) groups is 2. The lowest BCUT2D eigenvalue weighted by atomic mass is 10.1. The molecule has 1 atom stereocenters. The number of halogens is 3. The van der Waals surface area contributed by atoms with E-state index in [1.54, 1.807) is 24.3 Å². The lowest BCUT2D eigenvalue weighted by molar-refractivity contribution is -0.192. The fourth-order valence-electron chi connectivity index (χ4n) is 4.99. The number of benzene rings is 1. The first-order valence-corrected chi connectivity index (χ1v) is 14.2. The molecule has 0 radical (unpaired) electrons. The number of nitrogens with zero attached hydrogens (tertiary/aromatic N) is 5. The lowest BCUT2D eigenvalue weighted by Crippen LogP contribution is -2.44. The van der Waals surface area contributed by atoms with Crippen molar-refractivity contribution in [3.63, 3.8) is 0 Å². The number of aromatic nitrogens is 4. The standard InChI is InChI=1S/C27H34N6O4.C2HF3O2/c1-19(2)10-13-31-23-24(29-26(31)30-14-11-28-12-15-30)32(17-21-9-6-16-37-21)27(36)33(25(23)35)18-22(34)20-7-4-3-5-8-20;3-2(4,5)1(6)7/h3-5,7-8,10,21,28H,6,9,11-18H2,1-2H3;(H,6,7). The van der Waals surface area contributed by atoms with Gasteiger partial charge in [-0.15, -0.1) is 0 Å². The second kappa shape index (κ2) is 14.0. The van der Waals surface area contributed by atoms with Crippen LogP contribution in [-0.2, 0) is 29.2 Å². The number of ether oxygens (including phenoxy) is 1. The van der Waals surface area contributed by atoms with Crippen molar-refractivity contribution in [2.75, 3.05) is 37.7 Å². The number of imidazole rings is 1. The van der Waals surface area contributed by atoms with Crippen molar-refractivity contribution in [1.82, 2.24) is 24.0 Å². The monoisotopic (exact) mass is 620 g/mol. The molecule has 2 fully saturated rings. The molecule has 4 heterocycles. The molecule has 2 aromatic heterocycles. The Bertz CT molecular complexity index is 1630. The van der Waals surface area contributed by atoms with Gasteiger partial charge in [0.25, 0.3) is 5.56 Å². The normalized spacial score (nSPS) is 16.8. The van der Waals surface area contributed by atoms with Gasteiger partial charge in [0.15, 0.2) is 16.9 Å². The number of hydrogen-bond acceptors (Lipinski definition) is 8. The van der Waals surface area contributed by atoms with Gasteiger partial charge in [-0.3, -0.25) is 18.7 Å². The van der Waals surface area contributed by atoms with E-state index in [0.29, 0.717) is 35.8 Å². The fourth-order valence-corrected chi connectivity index (χ4v) is 4.99. The summed E-state index contributed by atoms with van der Waals surface area (Å²) in [5.74, 6) is -2.38. The molecule has 1 unspecified atom stereocenters. The third kappa shape index (κ3) is 7.63. The maximum atomic E-state index is 13.9. The Labute approximate surface area is 250 Å². The van der Waals surface area contributed by atoms with E-state index in [9.17, 15) is 27.6 Å². The van der Waals surface area contributed by atoms with Gasteiger partial charge >= 0.3 is 17.8 Å².